The summed E-state index contributed by atoms with van der Waals surface area (Å²) < 4.78 is 16.5. The van der Waals surface area contributed by atoms with Crippen LogP contribution >= 0.6 is 11.6 Å². The molecule has 0 aromatic heterocycles. The standard InChI is InChI=1S/C19H26ClNO6/c1-21-6-5-17-8-10(22)14(26-3)16(27-4)18(17,21)9-12(20)19(17)13(23)7-11(25-2)15(19)24/h11-12,15,24H,5-9H2,1-4H3/t11?,12-,15+,17+,18+,19+/m0/s1. The summed E-state index contributed by atoms with van der Waals surface area (Å²) in [5.74, 6) is 0.269. The van der Waals surface area contributed by atoms with Gasteiger partial charge in [-0.25, -0.2) is 0 Å². The van der Waals surface area contributed by atoms with Crippen molar-refractivity contribution < 1.29 is 28.9 Å². The van der Waals surface area contributed by atoms with Crippen LogP contribution in [0.2, 0.25) is 0 Å². The highest BCUT2D eigenvalue weighted by Crippen LogP contribution is 2.75. The second-order valence-corrected chi connectivity index (χ2v) is 8.69. The lowest BCUT2D eigenvalue weighted by Crippen LogP contribution is -2.63. The van der Waals surface area contributed by atoms with Gasteiger partial charge in [0.05, 0.1) is 42.8 Å². The highest BCUT2D eigenvalue weighted by molar-refractivity contribution is 6.24. The van der Waals surface area contributed by atoms with Gasteiger partial charge in [-0.1, -0.05) is 0 Å². The first-order valence-electron chi connectivity index (χ1n) is 9.24. The molecule has 8 heteroatoms. The number of carbonyl (C=O) groups excluding carboxylic acids is 2. The number of methoxy groups -OCH3 is 3. The number of carbonyl (C=O) groups is 2. The zero-order chi connectivity index (χ0) is 19.8. The molecule has 0 amide bonds. The van der Waals surface area contributed by atoms with Crippen LogP contribution < -0.4 is 0 Å². The van der Waals surface area contributed by atoms with E-state index in [1.165, 1.54) is 21.3 Å². The molecule has 0 radical (unpaired) electrons. The van der Waals surface area contributed by atoms with E-state index < -0.39 is 34.0 Å². The Morgan fingerprint density at radius 3 is 2.48 bits per heavy atom. The fraction of sp³-hybridized carbons (Fsp3) is 0.789. The number of halogens is 1. The molecule has 1 aliphatic heterocycles. The van der Waals surface area contributed by atoms with Crippen molar-refractivity contribution in [3.63, 3.8) is 0 Å². The van der Waals surface area contributed by atoms with Gasteiger partial charge in [-0.2, -0.15) is 0 Å². The molecular weight excluding hydrogens is 374 g/mol. The number of Topliss-reactive ketones (excluding diaryl/α,β-unsaturated/α-hetero) is 2. The van der Waals surface area contributed by atoms with Crippen LogP contribution in [0, 0.1) is 10.8 Å². The zero-order valence-corrected chi connectivity index (χ0v) is 16.8. The number of aliphatic hydroxyl groups is 1. The van der Waals surface area contributed by atoms with Gasteiger partial charge in [0.25, 0.3) is 0 Å². The Kier molecular flexibility index (Phi) is 4.21. The Labute approximate surface area is 163 Å². The summed E-state index contributed by atoms with van der Waals surface area (Å²) in [7, 11) is 6.40. The second-order valence-electron chi connectivity index (χ2n) is 8.17. The predicted octanol–water partition coefficient (Wildman–Crippen LogP) is 0.870. The Bertz CT molecular complexity index is 740. The number of likely N-dealkylation sites (N-methyl/N-ethyl adjacent to an activating group) is 1. The monoisotopic (exact) mass is 399 g/mol. The third kappa shape index (κ3) is 1.80. The fourth-order valence-electron chi connectivity index (χ4n) is 6.79. The summed E-state index contributed by atoms with van der Waals surface area (Å²) >= 11 is 6.89. The number of ether oxygens (including phenoxy) is 3. The lowest BCUT2D eigenvalue weighted by molar-refractivity contribution is -0.152. The highest BCUT2D eigenvalue weighted by atomic mass is 35.5. The first-order chi connectivity index (χ1) is 12.8. The Balaban J connectivity index is 2.03. The van der Waals surface area contributed by atoms with E-state index in [0.717, 1.165) is 0 Å². The van der Waals surface area contributed by atoms with Gasteiger partial charge in [0.2, 0.25) is 11.5 Å². The van der Waals surface area contributed by atoms with Crippen LogP contribution in [0.15, 0.2) is 11.5 Å². The average molecular weight is 400 g/mol. The number of hydrogen-bond donors (Lipinski definition) is 1. The van der Waals surface area contributed by atoms with Gasteiger partial charge in [-0.3, -0.25) is 14.5 Å². The topological polar surface area (TPSA) is 85.3 Å². The molecule has 3 fully saturated rings. The summed E-state index contributed by atoms with van der Waals surface area (Å²) in [5.41, 5.74) is -2.87. The van der Waals surface area contributed by atoms with Gasteiger partial charge in [0.1, 0.15) is 5.78 Å². The lowest BCUT2D eigenvalue weighted by Gasteiger charge is -2.53. The first-order valence-corrected chi connectivity index (χ1v) is 9.67. The Hall–Kier alpha value is -1.15. The van der Waals surface area contributed by atoms with Gasteiger partial charge in [0, 0.05) is 25.4 Å². The minimum atomic E-state index is -1.25. The molecule has 1 spiro atoms. The fourth-order valence-corrected chi connectivity index (χ4v) is 7.47. The van der Waals surface area contributed by atoms with Crippen LogP contribution in [-0.4, -0.2) is 79.6 Å². The van der Waals surface area contributed by atoms with Crippen molar-refractivity contribution in [1.29, 1.82) is 0 Å². The largest absolute Gasteiger partial charge is 0.495 e. The van der Waals surface area contributed by atoms with Crippen molar-refractivity contribution in [2.75, 3.05) is 34.9 Å². The van der Waals surface area contributed by atoms with E-state index in [-0.39, 0.29) is 30.2 Å². The van der Waals surface area contributed by atoms with Crippen LogP contribution in [0.25, 0.3) is 0 Å². The number of hydrogen-bond acceptors (Lipinski definition) is 7. The number of likely N-dealkylation sites (tertiary alicyclic amines) is 1. The summed E-state index contributed by atoms with van der Waals surface area (Å²) in [6.07, 6.45) is -0.533. The minimum absolute atomic E-state index is 0.0931. The first kappa shape index (κ1) is 19.2. The van der Waals surface area contributed by atoms with Crippen molar-refractivity contribution in [2.45, 2.75) is 48.8 Å². The van der Waals surface area contributed by atoms with E-state index in [4.69, 9.17) is 25.8 Å². The van der Waals surface area contributed by atoms with Crippen molar-refractivity contribution in [3.8, 4) is 0 Å². The van der Waals surface area contributed by atoms with E-state index in [9.17, 15) is 14.7 Å². The maximum atomic E-state index is 13.4. The molecule has 6 atom stereocenters. The normalized spacial score (nSPS) is 47.0. The van der Waals surface area contributed by atoms with Crippen molar-refractivity contribution >= 4 is 23.2 Å². The number of ketones is 2. The summed E-state index contributed by atoms with van der Waals surface area (Å²) in [6.45, 7) is 0.667. The van der Waals surface area contributed by atoms with Crippen LogP contribution in [0.5, 0.6) is 0 Å². The van der Waals surface area contributed by atoms with Crippen LogP contribution in [0.4, 0.5) is 0 Å². The number of allylic oxidation sites excluding steroid dienone is 1. The van der Waals surface area contributed by atoms with Crippen LogP contribution in [-0.2, 0) is 23.8 Å². The SMILES string of the molecule is COC1=C(OC)[C@]23C[C@H](Cl)[C@]4(C(=O)CC(OC)[C@H]4O)[C@]2(CCN3C)CC1=O. The van der Waals surface area contributed by atoms with Gasteiger partial charge >= 0.3 is 0 Å². The van der Waals surface area contributed by atoms with Crippen molar-refractivity contribution in [3.05, 3.63) is 11.5 Å². The molecule has 4 rings (SSSR count). The Morgan fingerprint density at radius 1 is 1.22 bits per heavy atom. The Morgan fingerprint density at radius 2 is 1.93 bits per heavy atom. The molecule has 150 valence electrons. The number of nitrogens with zero attached hydrogens (tertiary/aromatic N) is 1. The molecular formula is C19H26ClNO6. The summed E-state index contributed by atoms with van der Waals surface area (Å²) in [6, 6.07) is 0. The molecule has 4 aliphatic rings. The molecule has 7 nitrogen and oxygen atoms in total. The smallest absolute Gasteiger partial charge is 0.201 e. The van der Waals surface area contributed by atoms with Gasteiger partial charge in [-0.15, -0.1) is 11.6 Å². The van der Waals surface area contributed by atoms with Crippen molar-refractivity contribution in [1.82, 2.24) is 4.90 Å². The molecule has 0 aromatic rings. The summed E-state index contributed by atoms with van der Waals surface area (Å²) in [4.78, 5) is 28.5. The quantitative estimate of drug-likeness (QED) is 0.705. The van der Waals surface area contributed by atoms with E-state index in [0.29, 0.717) is 25.1 Å². The van der Waals surface area contributed by atoms with Crippen LogP contribution in [0.1, 0.15) is 25.7 Å². The van der Waals surface area contributed by atoms with Crippen molar-refractivity contribution in [2.24, 2.45) is 10.8 Å². The molecule has 27 heavy (non-hydrogen) atoms. The third-order valence-electron chi connectivity index (χ3n) is 7.75. The van der Waals surface area contributed by atoms with Gasteiger partial charge in [0.15, 0.2) is 5.76 Å². The van der Waals surface area contributed by atoms with E-state index in [2.05, 4.69) is 4.90 Å². The van der Waals surface area contributed by atoms with Gasteiger partial charge in [-0.05, 0) is 26.4 Å². The molecule has 3 aliphatic carbocycles. The average Bonchev–Trinajstić information content (AvgIpc) is 3.15. The number of rotatable bonds is 3. The summed E-state index contributed by atoms with van der Waals surface area (Å²) in [5, 5.41) is 10.6. The zero-order valence-electron chi connectivity index (χ0n) is 16.1. The lowest BCUT2D eigenvalue weighted by atomic mass is 9.52. The third-order valence-corrected chi connectivity index (χ3v) is 8.25. The predicted molar refractivity (Wildman–Crippen MR) is 96.2 cm³/mol. The molecule has 2 saturated carbocycles. The van der Waals surface area contributed by atoms with Crippen LogP contribution in [0.3, 0.4) is 0 Å². The van der Waals surface area contributed by atoms with Gasteiger partial charge < -0.3 is 19.3 Å². The molecule has 1 saturated heterocycles. The van der Waals surface area contributed by atoms with E-state index >= 15 is 0 Å². The molecule has 1 N–H and O–H groups in total. The number of aliphatic hydroxyl groups excluding tert-OH is 1. The van der Waals surface area contributed by atoms with E-state index in [1.807, 2.05) is 7.05 Å². The number of alkyl halides is 1. The molecule has 1 heterocycles. The highest BCUT2D eigenvalue weighted by Gasteiger charge is 2.84. The second kappa shape index (κ2) is 5.92. The maximum absolute atomic E-state index is 13.4. The van der Waals surface area contributed by atoms with E-state index in [1.54, 1.807) is 0 Å². The maximum Gasteiger partial charge on any atom is 0.201 e. The molecule has 0 bridgehead atoms. The molecule has 0 aromatic carbocycles. The minimum Gasteiger partial charge on any atom is -0.495 e. The molecule has 1 unspecified atom stereocenters.